The summed E-state index contributed by atoms with van der Waals surface area (Å²) < 4.78 is 30.4. The monoisotopic (exact) mass is 196 g/mol. The second-order valence-electron chi connectivity index (χ2n) is 0.842. The lowest BCUT2D eigenvalue weighted by Gasteiger charge is -2.04. The van der Waals surface area contributed by atoms with E-state index in [0.29, 0.717) is 0 Å². The first-order valence-electron chi connectivity index (χ1n) is 1.29. The van der Waals surface area contributed by atoms with Crippen LogP contribution in [-0.4, -0.2) is 10.5 Å². The molecular formula is C2HBrClF3. The minimum atomic E-state index is -3.19. The van der Waals surface area contributed by atoms with Crippen molar-refractivity contribution in [1.82, 2.24) is 0 Å². The van der Waals surface area contributed by atoms with Crippen molar-refractivity contribution in [3.63, 3.8) is 0 Å². The van der Waals surface area contributed by atoms with Crippen molar-refractivity contribution in [3.8, 4) is 0 Å². The minimum Gasteiger partial charge on any atom is -0.207 e. The number of hydrogen-bond acceptors (Lipinski definition) is 0. The summed E-state index contributed by atoms with van der Waals surface area (Å²) in [7, 11) is 0. The molecule has 0 nitrogen and oxygen atoms in total. The molecule has 0 aromatic carbocycles. The van der Waals surface area contributed by atoms with Gasteiger partial charge in [0.1, 0.15) is 0 Å². The Bertz CT molecular complexity index is 58.4. The second kappa shape index (κ2) is 2.22. The normalized spacial score (nSPS) is 19.7. The molecule has 0 bridgehead atoms. The summed E-state index contributed by atoms with van der Waals surface area (Å²) in [5, 5.41) is 0. The van der Waals surface area contributed by atoms with E-state index < -0.39 is 10.5 Å². The third-order valence-corrected chi connectivity index (χ3v) is 0.758. The van der Waals surface area contributed by atoms with Crippen molar-refractivity contribution in [2.75, 3.05) is 0 Å². The van der Waals surface area contributed by atoms with Gasteiger partial charge < -0.3 is 0 Å². The average molecular weight is 197 g/mol. The zero-order chi connectivity index (χ0) is 6.08. The Kier molecular flexibility index (Phi) is 2.40. The lowest BCUT2D eigenvalue weighted by Crippen LogP contribution is -2.14. The molecule has 0 saturated heterocycles. The van der Waals surface area contributed by atoms with E-state index in [4.69, 9.17) is 0 Å². The predicted octanol–water partition coefficient (Wildman–Crippen LogP) is 2.51. The molecule has 5 heteroatoms. The summed E-state index contributed by atoms with van der Waals surface area (Å²) in [5.74, 6) is 0. The van der Waals surface area contributed by atoms with Crippen LogP contribution in [0.15, 0.2) is 0 Å². The standard InChI is InChI=1S/C2HBrClF3/c3-2(4,7)1(5)6/h1H. The van der Waals surface area contributed by atoms with Gasteiger partial charge in [-0.25, -0.2) is 13.2 Å². The Morgan fingerprint density at radius 3 is 1.71 bits per heavy atom. The summed E-state index contributed by atoms with van der Waals surface area (Å²) in [6.07, 6.45) is -3.19. The molecule has 0 aliphatic carbocycles. The lowest BCUT2D eigenvalue weighted by molar-refractivity contribution is 0.0775. The van der Waals surface area contributed by atoms with Gasteiger partial charge in [0.15, 0.2) is 0 Å². The van der Waals surface area contributed by atoms with Crippen molar-refractivity contribution in [1.29, 1.82) is 0 Å². The van der Waals surface area contributed by atoms with Gasteiger partial charge in [0, 0.05) is 0 Å². The molecule has 0 aromatic rings. The maximum absolute atomic E-state index is 11.4. The van der Waals surface area contributed by atoms with Crippen molar-refractivity contribution in [2.24, 2.45) is 0 Å². The van der Waals surface area contributed by atoms with Crippen LogP contribution in [0.5, 0.6) is 0 Å². The number of alkyl halides is 5. The van der Waals surface area contributed by atoms with Gasteiger partial charge in [-0.1, -0.05) is 11.6 Å². The second-order valence-corrected chi connectivity index (χ2v) is 3.00. The molecule has 1 unspecified atom stereocenters. The predicted molar refractivity (Wildman–Crippen MR) is 24.6 cm³/mol. The van der Waals surface area contributed by atoms with Gasteiger partial charge in [-0.2, -0.15) is 0 Å². The molecule has 0 saturated carbocycles. The topological polar surface area (TPSA) is 0 Å². The van der Waals surface area contributed by atoms with Crippen molar-refractivity contribution in [2.45, 2.75) is 10.5 Å². The lowest BCUT2D eigenvalue weighted by atomic mass is 10.8. The summed E-state index contributed by atoms with van der Waals surface area (Å²) >= 11 is 6.26. The van der Waals surface area contributed by atoms with Crippen LogP contribution in [0.4, 0.5) is 13.2 Å². The molecule has 0 aliphatic heterocycles. The maximum Gasteiger partial charge on any atom is 0.297 e. The van der Waals surface area contributed by atoms with Crippen molar-refractivity contribution in [3.05, 3.63) is 0 Å². The quantitative estimate of drug-likeness (QED) is 0.567. The van der Waals surface area contributed by atoms with E-state index in [1.54, 1.807) is 0 Å². The van der Waals surface area contributed by atoms with Crippen molar-refractivity contribution >= 4 is 27.5 Å². The molecule has 0 aliphatic rings. The highest BCUT2D eigenvalue weighted by molar-refractivity contribution is 9.10. The van der Waals surface area contributed by atoms with E-state index in [0.717, 1.165) is 0 Å². The Morgan fingerprint density at radius 1 is 1.57 bits per heavy atom. The Morgan fingerprint density at radius 2 is 1.71 bits per heavy atom. The van der Waals surface area contributed by atoms with E-state index in [1.807, 2.05) is 15.9 Å². The third-order valence-electron chi connectivity index (χ3n) is 0.247. The highest BCUT2D eigenvalue weighted by atomic mass is 79.9. The molecule has 0 radical (unpaired) electrons. The van der Waals surface area contributed by atoms with Crippen LogP contribution in [0.25, 0.3) is 0 Å². The first-order valence-corrected chi connectivity index (χ1v) is 2.46. The van der Waals surface area contributed by atoms with E-state index in [1.165, 1.54) is 0 Å². The van der Waals surface area contributed by atoms with E-state index >= 15 is 0 Å². The fraction of sp³-hybridized carbons (Fsp3) is 1.00. The average Bonchev–Trinajstić information content (AvgIpc) is 1.31. The summed E-state index contributed by atoms with van der Waals surface area (Å²) in [6.45, 7) is 0. The van der Waals surface area contributed by atoms with Crippen LogP contribution in [0.3, 0.4) is 0 Å². The first-order chi connectivity index (χ1) is 2.94. The molecule has 0 amide bonds. The molecule has 0 rings (SSSR count). The van der Waals surface area contributed by atoms with Crippen LogP contribution < -0.4 is 0 Å². The van der Waals surface area contributed by atoms with Gasteiger partial charge in [0.25, 0.3) is 10.5 Å². The van der Waals surface area contributed by atoms with E-state index in [-0.39, 0.29) is 0 Å². The van der Waals surface area contributed by atoms with Gasteiger partial charge in [-0.15, -0.1) is 0 Å². The molecule has 0 fully saturated rings. The Labute approximate surface area is 51.8 Å². The van der Waals surface area contributed by atoms with Crippen LogP contribution in [0, 0.1) is 0 Å². The Hall–Kier alpha value is 0.560. The van der Waals surface area contributed by atoms with E-state index in [9.17, 15) is 13.2 Å². The highest BCUT2D eigenvalue weighted by Gasteiger charge is 2.34. The van der Waals surface area contributed by atoms with Crippen LogP contribution >= 0.6 is 27.5 Å². The smallest absolute Gasteiger partial charge is 0.207 e. The molecule has 0 N–H and O–H groups in total. The van der Waals surface area contributed by atoms with Crippen LogP contribution in [-0.2, 0) is 0 Å². The first kappa shape index (κ1) is 7.56. The van der Waals surface area contributed by atoms with Gasteiger partial charge in [0.2, 0.25) is 0 Å². The third kappa shape index (κ3) is 3.17. The molecule has 0 heterocycles. The number of rotatable bonds is 1. The highest BCUT2D eigenvalue weighted by Crippen LogP contribution is 2.31. The van der Waals surface area contributed by atoms with Gasteiger partial charge in [-0.3, -0.25) is 0 Å². The SMILES string of the molecule is FC(F)C(F)(Cl)Br. The molecule has 44 valence electrons. The Balaban J connectivity index is 3.54. The van der Waals surface area contributed by atoms with Gasteiger partial charge in [0.05, 0.1) is 0 Å². The molecule has 0 aromatic heterocycles. The van der Waals surface area contributed by atoms with Gasteiger partial charge in [-0.05, 0) is 15.9 Å². The fourth-order valence-corrected chi connectivity index (χ4v) is 0. The largest absolute Gasteiger partial charge is 0.297 e. The number of halogens is 5. The molecule has 1 atom stereocenters. The van der Waals surface area contributed by atoms with Gasteiger partial charge >= 0.3 is 0 Å². The molecule has 7 heavy (non-hydrogen) atoms. The van der Waals surface area contributed by atoms with E-state index in [2.05, 4.69) is 11.6 Å². The summed E-state index contributed by atoms with van der Waals surface area (Å²) in [6, 6.07) is 0. The van der Waals surface area contributed by atoms with Crippen LogP contribution in [0.2, 0.25) is 0 Å². The minimum absolute atomic E-state index is 1.89. The van der Waals surface area contributed by atoms with Crippen LogP contribution in [0.1, 0.15) is 0 Å². The van der Waals surface area contributed by atoms with Crippen molar-refractivity contribution < 1.29 is 13.2 Å². The fourth-order valence-electron chi connectivity index (χ4n) is 0. The summed E-state index contributed by atoms with van der Waals surface area (Å²) in [5.41, 5.74) is 0. The summed E-state index contributed by atoms with van der Waals surface area (Å²) in [4.78, 5) is 0. The maximum atomic E-state index is 11.4. The number of hydrogen-bond donors (Lipinski definition) is 0. The zero-order valence-corrected chi connectivity index (χ0v) is 5.31. The zero-order valence-electron chi connectivity index (χ0n) is 2.97. The molecular weight excluding hydrogens is 196 g/mol. The molecule has 0 spiro atoms.